The zero-order valence-corrected chi connectivity index (χ0v) is 13.0. The maximum Gasteiger partial charge on any atom is 0.0755 e. The Hall–Kier alpha value is -0.0800. The van der Waals surface area contributed by atoms with Crippen molar-refractivity contribution in [3.8, 4) is 0 Å². The van der Waals surface area contributed by atoms with Crippen molar-refractivity contribution < 1.29 is 4.74 Å². The standard InChI is InChI=1S/C17H33NO/c1-3-19-17(15-11-5-4-6-12-15)16(18-2)13-14-9-7-8-10-14/h14-18H,3-13H2,1-2H3. The van der Waals surface area contributed by atoms with Crippen molar-refractivity contribution in [1.29, 1.82) is 0 Å². The van der Waals surface area contributed by atoms with Crippen LogP contribution in [-0.2, 0) is 4.74 Å². The normalized spacial score (nSPS) is 25.6. The Balaban J connectivity index is 1.92. The molecule has 0 saturated heterocycles. The van der Waals surface area contributed by atoms with Gasteiger partial charge < -0.3 is 10.1 Å². The van der Waals surface area contributed by atoms with Crippen LogP contribution in [0.4, 0.5) is 0 Å². The fraction of sp³-hybridized carbons (Fsp3) is 1.00. The highest BCUT2D eigenvalue weighted by molar-refractivity contribution is 4.86. The Bertz CT molecular complexity index is 231. The van der Waals surface area contributed by atoms with Crippen LogP contribution < -0.4 is 5.32 Å². The average molecular weight is 267 g/mol. The second-order valence-corrected chi connectivity index (χ2v) is 6.60. The molecule has 2 saturated carbocycles. The van der Waals surface area contributed by atoms with Gasteiger partial charge in [-0.3, -0.25) is 0 Å². The van der Waals surface area contributed by atoms with E-state index in [-0.39, 0.29) is 0 Å². The molecule has 19 heavy (non-hydrogen) atoms. The molecule has 1 N–H and O–H groups in total. The van der Waals surface area contributed by atoms with Gasteiger partial charge in [0.05, 0.1) is 6.10 Å². The zero-order chi connectivity index (χ0) is 13.5. The number of ether oxygens (including phenoxy) is 1. The van der Waals surface area contributed by atoms with E-state index >= 15 is 0 Å². The summed E-state index contributed by atoms with van der Waals surface area (Å²) >= 11 is 0. The first-order valence-electron chi connectivity index (χ1n) is 8.64. The monoisotopic (exact) mass is 267 g/mol. The van der Waals surface area contributed by atoms with Gasteiger partial charge in [-0.2, -0.15) is 0 Å². The van der Waals surface area contributed by atoms with Crippen molar-refractivity contribution in [2.45, 2.75) is 83.3 Å². The minimum atomic E-state index is 0.455. The van der Waals surface area contributed by atoms with Crippen LogP contribution in [0.3, 0.4) is 0 Å². The summed E-state index contributed by atoms with van der Waals surface area (Å²) < 4.78 is 6.18. The minimum Gasteiger partial charge on any atom is -0.377 e. The van der Waals surface area contributed by atoms with E-state index in [9.17, 15) is 0 Å². The van der Waals surface area contributed by atoms with E-state index in [0.717, 1.165) is 18.4 Å². The molecule has 0 radical (unpaired) electrons. The fourth-order valence-corrected chi connectivity index (χ4v) is 4.26. The lowest BCUT2D eigenvalue weighted by atomic mass is 9.80. The summed E-state index contributed by atoms with van der Waals surface area (Å²) in [6.45, 7) is 3.02. The summed E-state index contributed by atoms with van der Waals surface area (Å²) in [6, 6.07) is 0.575. The Morgan fingerprint density at radius 1 is 1.00 bits per heavy atom. The molecule has 2 heteroatoms. The lowest BCUT2D eigenvalue weighted by Gasteiger charge is -2.36. The van der Waals surface area contributed by atoms with Crippen molar-refractivity contribution in [3.63, 3.8) is 0 Å². The SMILES string of the molecule is CCOC(C1CCCCC1)C(CC1CCCC1)NC. The van der Waals surface area contributed by atoms with Crippen LogP contribution in [0.2, 0.25) is 0 Å². The van der Waals surface area contributed by atoms with Gasteiger partial charge in [-0.1, -0.05) is 44.9 Å². The lowest BCUT2D eigenvalue weighted by Crippen LogP contribution is -2.45. The molecular formula is C17H33NO. The molecule has 2 atom stereocenters. The molecule has 0 aromatic rings. The molecule has 2 rings (SSSR count). The van der Waals surface area contributed by atoms with Crippen molar-refractivity contribution in [3.05, 3.63) is 0 Å². The highest BCUT2D eigenvalue weighted by Gasteiger charge is 2.32. The molecule has 112 valence electrons. The summed E-state index contributed by atoms with van der Waals surface area (Å²) in [4.78, 5) is 0. The van der Waals surface area contributed by atoms with Crippen molar-refractivity contribution in [1.82, 2.24) is 5.32 Å². The largest absolute Gasteiger partial charge is 0.377 e. The summed E-state index contributed by atoms with van der Waals surface area (Å²) in [5, 5.41) is 3.59. The number of nitrogens with one attached hydrogen (secondary N) is 1. The van der Waals surface area contributed by atoms with Gasteiger partial charge in [0.1, 0.15) is 0 Å². The van der Waals surface area contributed by atoms with Gasteiger partial charge in [0.15, 0.2) is 0 Å². The van der Waals surface area contributed by atoms with Gasteiger partial charge in [0.2, 0.25) is 0 Å². The average Bonchev–Trinajstić information content (AvgIpc) is 2.96. The highest BCUT2D eigenvalue weighted by Crippen LogP contribution is 2.34. The summed E-state index contributed by atoms with van der Waals surface area (Å²) in [5.41, 5.74) is 0. The van der Waals surface area contributed by atoms with Crippen LogP contribution >= 0.6 is 0 Å². The number of hydrogen-bond donors (Lipinski definition) is 1. The molecule has 0 aromatic heterocycles. The molecule has 0 aromatic carbocycles. The van der Waals surface area contributed by atoms with E-state index in [1.54, 1.807) is 0 Å². The quantitative estimate of drug-likeness (QED) is 0.748. The van der Waals surface area contributed by atoms with Crippen molar-refractivity contribution in [2.24, 2.45) is 11.8 Å². The minimum absolute atomic E-state index is 0.455. The highest BCUT2D eigenvalue weighted by atomic mass is 16.5. The third-order valence-electron chi connectivity index (χ3n) is 5.30. The van der Waals surface area contributed by atoms with Gasteiger partial charge in [-0.05, 0) is 45.1 Å². The van der Waals surface area contributed by atoms with Gasteiger partial charge in [0.25, 0.3) is 0 Å². The van der Waals surface area contributed by atoms with Gasteiger partial charge in [-0.15, -0.1) is 0 Å². The molecule has 2 nitrogen and oxygen atoms in total. The number of likely N-dealkylation sites (N-methyl/N-ethyl adjacent to an activating group) is 1. The molecule has 2 fully saturated rings. The molecule has 0 spiro atoms. The van der Waals surface area contributed by atoms with E-state index in [1.807, 2.05) is 0 Å². The molecule has 0 amide bonds. The Labute approximate surface area is 119 Å². The maximum absolute atomic E-state index is 6.18. The maximum atomic E-state index is 6.18. The summed E-state index contributed by atoms with van der Waals surface area (Å²) in [7, 11) is 2.13. The molecule has 2 aliphatic rings. The Kier molecular flexibility index (Phi) is 6.66. The van der Waals surface area contributed by atoms with E-state index in [1.165, 1.54) is 64.2 Å². The smallest absolute Gasteiger partial charge is 0.0755 e. The third kappa shape index (κ3) is 4.46. The van der Waals surface area contributed by atoms with Crippen molar-refractivity contribution >= 4 is 0 Å². The number of rotatable bonds is 7. The molecule has 0 bridgehead atoms. The van der Waals surface area contributed by atoms with E-state index < -0.39 is 0 Å². The predicted molar refractivity (Wildman–Crippen MR) is 81.4 cm³/mol. The third-order valence-corrected chi connectivity index (χ3v) is 5.30. The predicted octanol–water partition coefficient (Wildman–Crippen LogP) is 4.14. The fourth-order valence-electron chi connectivity index (χ4n) is 4.26. The molecule has 0 aliphatic heterocycles. The molecular weight excluding hydrogens is 234 g/mol. The van der Waals surface area contributed by atoms with Gasteiger partial charge in [0, 0.05) is 12.6 Å². The first-order chi connectivity index (χ1) is 9.35. The van der Waals surface area contributed by atoms with Crippen LogP contribution in [0.25, 0.3) is 0 Å². The van der Waals surface area contributed by atoms with Gasteiger partial charge >= 0.3 is 0 Å². The first-order valence-corrected chi connectivity index (χ1v) is 8.64. The second-order valence-electron chi connectivity index (χ2n) is 6.60. The first kappa shape index (κ1) is 15.3. The van der Waals surface area contributed by atoms with Crippen LogP contribution in [0.15, 0.2) is 0 Å². The van der Waals surface area contributed by atoms with E-state index in [2.05, 4.69) is 19.3 Å². The van der Waals surface area contributed by atoms with Crippen molar-refractivity contribution in [2.75, 3.05) is 13.7 Å². The number of hydrogen-bond acceptors (Lipinski definition) is 2. The summed E-state index contributed by atoms with van der Waals surface area (Å²) in [6.07, 6.45) is 14.6. The topological polar surface area (TPSA) is 21.3 Å². The molecule has 2 unspecified atom stereocenters. The van der Waals surface area contributed by atoms with Crippen LogP contribution in [0, 0.1) is 11.8 Å². The van der Waals surface area contributed by atoms with E-state index in [4.69, 9.17) is 4.74 Å². The Morgan fingerprint density at radius 3 is 2.21 bits per heavy atom. The zero-order valence-electron chi connectivity index (χ0n) is 13.0. The second kappa shape index (κ2) is 8.26. The summed E-state index contributed by atoms with van der Waals surface area (Å²) in [5.74, 6) is 1.75. The van der Waals surface area contributed by atoms with Crippen LogP contribution in [0.1, 0.15) is 71.1 Å². The molecule has 2 aliphatic carbocycles. The molecule has 0 heterocycles. The van der Waals surface area contributed by atoms with Gasteiger partial charge in [-0.25, -0.2) is 0 Å². The lowest BCUT2D eigenvalue weighted by molar-refractivity contribution is -0.0209. The Morgan fingerprint density at radius 2 is 1.63 bits per heavy atom. The van der Waals surface area contributed by atoms with Crippen LogP contribution in [-0.4, -0.2) is 25.8 Å². The van der Waals surface area contributed by atoms with E-state index in [0.29, 0.717) is 12.1 Å². The van der Waals surface area contributed by atoms with Crippen LogP contribution in [0.5, 0.6) is 0 Å².